The highest BCUT2D eigenvalue weighted by Gasteiger charge is 2.07. The number of likely N-dealkylation sites (N-methyl/N-ethyl adjacent to an activating group) is 1. The summed E-state index contributed by atoms with van der Waals surface area (Å²) in [5, 5.41) is 3.03. The first-order valence-electron chi connectivity index (χ1n) is 4.88. The predicted molar refractivity (Wildman–Crippen MR) is 56.8 cm³/mol. The van der Waals surface area contributed by atoms with E-state index in [-0.39, 0.29) is 12.4 Å². The third kappa shape index (κ3) is 8.43. The lowest BCUT2D eigenvalue weighted by Crippen LogP contribution is -2.34. The first-order valence-corrected chi connectivity index (χ1v) is 6.53. The zero-order valence-corrected chi connectivity index (χ0v) is 9.69. The molecule has 5 nitrogen and oxygen atoms in total. The topological polar surface area (TPSA) is 67.4 Å². The summed E-state index contributed by atoms with van der Waals surface area (Å²) in [5.74, 6) is 0.0347. The van der Waals surface area contributed by atoms with Crippen molar-refractivity contribution in [3.63, 3.8) is 0 Å². The van der Waals surface area contributed by atoms with E-state index < -0.39 is 10.0 Å². The van der Waals surface area contributed by atoms with Crippen molar-refractivity contribution in [3.05, 3.63) is 0 Å². The average Bonchev–Trinajstić information content (AvgIpc) is 2.13. The van der Waals surface area contributed by atoms with Crippen LogP contribution in [0, 0.1) is 0 Å². The summed E-state index contributed by atoms with van der Waals surface area (Å²) >= 11 is 0. The van der Waals surface area contributed by atoms with Crippen LogP contribution < -0.4 is 10.0 Å². The van der Waals surface area contributed by atoms with E-state index in [1.165, 1.54) is 0 Å². The maximum absolute atomic E-state index is 11.2. The Morgan fingerprint density at radius 1 is 1.21 bits per heavy atom. The largest absolute Gasteiger partial charge is 0.381 e. The highest BCUT2D eigenvalue weighted by Crippen LogP contribution is 1.84. The van der Waals surface area contributed by atoms with Crippen LogP contribution in [0.5, 0.6) is 0 Å². The van der Waals surface area contributed by atoms with Crippen LogP contribution >= 0.6 is 0 Å². The second-order valence-corrected chi connectivity index (χ2v) is 4.69. The fourth-order valence-corrected chi connectivity index (χ4v) is 1.75. The number of hydrogen-bond acceptors (Lipinski definition) is 4. The van der Waals surface area contributed by atoms with Crippen LogP contribution in [0.4, 0.5) is 0 Å². The zero-order valence-electron chi connectivity index (χ0n) is 8.88. The third-order valence-corrected chi connectivity index (χ3v) is 2.92. The van der Waals surface area contributed by atoms with E-state index in [1.807, 2.05) is 13.8 Å². The average molecular weight is 224 g/mol. The molecule has 0 saturated heterocycles. The molecule has 0 rings (SSSR count). The zero-order chi connectivity index (χ0) is 10.9. The molecule has 6 heteroatoms. The molecule has 0 aliphatic heterocycles. The Kier molecular flexibility index (Phi) is 8.07. The summed E-state index contributed by atoms with van der Waals surface area (Å²) in [4.78, 5) is 0. The van der Waals surface area contributed by atoms with Gasteiger partial charge < -0.3 is 10.1 Å². The van der Waals surface area contributed by atoms with Gasteiger partial charge in [-0.25, -0.2) is 13.1 Å². The summed E-state index contributed by atoms with van der Waals surface area (Å²) in [7, 11) is -3.15. The monoisotopic (exact) mass is 224 g/mol. The first-order chi connectivity index (χ1) is 6.62. The normalized spacial score (nSPS) is 11.9. The second kappa shape index (κ2) is 8.16. The van der Waals surface area contributed by atoms with Gasteiger partial charge in [0.25, 0.3) is 0 Å². The Morgan fingerprint density at radius 3 is 2.50 bits per heavy atom. The van der Waals surface area contributed by atoms with Crippen LogP contribution in [0.25, 0.3) is 0 Å². The lowest BCUT2D eigenvalue weighted by molar-refractivity contribution is 0.163. The Bertz CT molecular complexity index is 217. The van der Waals surface area contributed by atoms with Crippen LogP contribution in [0.3, 0.4) is 0 Å². The molecule has 0 saturated carbocycles. The van der Waals surface area contributed by atoms with Crippen molar-refractivity contribution in [1.29, 1.82) is 0 Å². The van der Waals surface area contributed by atoms with Gasteiger partial charge >= 0.3 is 0 Å². The molecular weight excluding hydrogens is 204 g/mol. The Labute approximate surface area is 86.3 Å². The van der Waals surface area contributed by atoms with E-state index in [0.29, 0.717) is 19.7 Å². The molecule has 0 radical (unpaired) electrons. The number of sulfonamides is 1. The SMILES string of the molecule is CCNCCNS(=O)(=O)CCOCC. The molecule has 86 valence electrons. The first kappa shape index (κ1) is 13.8. The van der Waals surface area contributed by atoms with Crippen LogP contribution in [-0.4, -0.2) is 47.0 Å². The Balaban J connectivity index is 3.52. The van der Waals surface area contributed by atoms with Gasteiger partial charge in [0.1, 0.15) is 0 Å². The maximum Gasteiger partial charge on any atom is 0.213 e. The van der Waals surface area contributed by atoms with Crippen molar-refractivity contribution >= 4 is 10.0 Å². The summed E-state index contributed by atoms with van der Waals surface area (Å²) < 4.78 is 29.9. The van der Waals surface area contributed by atoms with Crippen molar-refractivity contribution in [2.24, 2.45) is 0 Å². The molecule has 0 fully saturated rings. The van der Waals surface area contributed by atoms with Crippen molar-refractivity contribution < 1.29 is 13.2 Å². The minimum Gasteiger partial charge on any atom is -0.381 e. The van der Waals surface area contributed by atoms with Gasteiger partial charge in [-0.1, -0.05) is 6.92 Å². The van der Waals surface area contributed by atoms with Crippen molar-refractivity contribution in [2.75, 3.05) is 38.6 Å². The highest BCUT2D eigenvalue weighted by molar-refractivity contribution is 7.89. The molecule has 0 spiro atoms. The number of rotatable bonds is 9. The molecule has 0 heterocycles. The smallest absolute Gasteiger partial charge is 0.213 e. The second-order valence-electron chi connectivity index (χ2n) is 2.76. The maximum atomic E-state index is 11.2. The Hall–Kier alpha value is -0.170. The molecule has 0 aliphatic rings. The van der Waals surface area contributed by atoms with Gasteiger partial charge in [-0.2, -0.15) is 0 Å². The molecule has 0 aliphatic carbocycles. The summed E-state index contributed by atoms with van der Waals surface area (Å²) in [6.45, 7) is 6.56. The van der Waals surface area contributed by atoms with Crippen molar-refractivity contribution in [1.82, 2.24) is 10.0 Å². The Morgan fingerprint density at radius 2 is 1.93 bits per heavy atom. The van der Waals surface area contributed by atoms with Crippen LogP contribution in [-0.2, 0) is 14.8 Å². The van der Waals surface area contributed by atoms with E-state index in [2.05, 4.69) is 10.0 Å². The molecule has 14 heavy (non-hydrogen) atoms. The molecule has 0 atom stereocenters. The highest BCUT2D eigenvalue weighted by atomic mass is 32.2. The lowest BCUT2D eigenvalue weighted by Gasteiger charge is -2.06. The van der Waals surface area contributed by atoms with E-state index in [1.54, 1.807) is 0 Å². The van der Waals surface area contributed by atoms with Gasteiger partial charge in [-0.15, -0.1) is 0 Å². The van der Waals surface area contributed by atoms with E-state index >= 15 is 0 Å². The molecular formula is C8H20N2O3S. The molecule has 0 aromatic carbocycles. The van der Waals surface area contributed by atoms with E-state index in [9.17, 15) is 8.42 Å². The van der Waals surface area contributed by atoms with Crippen LogP contribution in [0.2, 0.25) is 0 Å². The number of nitrogens with one attached hydrogen (secondary N) is 2. The molecule has 0 aromatic heterocycles. The summed E-state index contributed by atoms with van der Waals surface area (Å²) in [5.41, 5.74) is 0. The molecule has 2 N–H and O–H groups in total. The number of hydrogen-bond donors (Lipinski definition) is 2. The van der Waals surface area contributed by atoms with Gasteiger partial charge in [0.05, 0.1) is 12.4 Å². The van der Waals surface area contributed by atoms with Gasteiger partial charge in [-0.05, 0) is 13.5 Å². The number of ether oxygens (including phenoxy) is 1. The molecule has 0 unspecified atom stereocenters. The van der Waals surface area contributed by atoms with E-state index in [0.717, 1.165) is 6.54 Å². The van der Waals surface area contributed by atoms with Gasteiger partial charge in [0.15, 0.2) is 0 Å². The minimum absolute atomic E-state index is 0.0347. The molecule has 0 amide bonds. The van der Waals surface area contributed by atoms with E-state index in [4.69, 9.17) is 4.74 Å². The van der Waals surface area contributed by atoms with Gasteiger partial charge in [0.2, 0.25) is 10.0 Å². The van der Waals surface area contributed by atoms with Crippen LogP contribution in [0.1, 0.15) is 13.8 Å². The minimum atomic E-state index is -3.15. The lowest BCUT2D eigenvalue weighted by atomic mass is 10.6. The fraction of sp³-hybridized carbons (Fsp3) is 1.00. The molecule has 0 bridgehead atoms. The van der Waals surface area contributed by atoms with Gasteiger partial charge in [-0.3, -0.25) is 0 Å². The van der Waals surface area contributed by atoms with Gasteiger partial charge in [0, 0.05) is 19.7 Å². The van der Waals surface area contributed by atoms with Crippen molar-refractivity contribution in [2.45, 2.75) is 13.8 Å². The summed E-state index contributed by atoms with van der Waals surface area (Å²) in [6.07, 6.45) is 0. The summed E-state index contributed by atoms with van der Waals surface area (Å²) in [6, 6.07) is 0. The fourth-order valence-electron chi connectivity index (χ4n) is 0.857. The van der Waals surface area contributed by atoms with Crippen molar-refractivity contribution in [3.8, 4) is 0 Å². The molecule has 0 aromatic rings. The third-order valence-electron chi connectivity index (χ3n) is 1.57. The van der Waals surface area contributed by atoms with Crippen LogP contribution in [0.15, 0.2) is 0 Å². The predicted octanol–water partition coefficient (Wildman–Crippen LogP) is -0.448. The quantitative estimate of drug-likeness (QED) is 0.521. The standard InChI is InChI=1S/C8H20N2O3S/c1-3-9-5-6-10-14(11,12)8-7-13-4-2/h9-10H,3-8H2,1-2H3.